The molecule has 0 aliphatic heterocycles. The van der Waals surface area contributed by atoms with Crippen LogP contribution in [-0.2, 0) is 0 Å². The van der Waals surface area contributed by atoms with Crippen molar-refractivity contribution in [1.29, 1.82) is 0 Å². The molecule has 0 aliphatic carbocycles. The Morgan fingerprint density at radius 2 is 1.67 bits per heavy atom. The fourth-order valence-electron chi connectivity index (χ4n) is 1.70. The van der Waals surface area contributed by atoms with Gasteiger partial charge in [0.25, 0.3) is 0 Å². The normalized spacial score (nSPS) is 12.5. The summed E-state index contributed by atoms with van der Waals surface area (Å²) in [5, 5.41) is 0. The molecule has 0 saturated heterocycles. The molecule has 0 heterocycles. The lowest BCUT2D eigenvalue weighted by Gasteiger charge is -2.14. The van der Waals surface area contributed by atoms with Crippen molar-refractivity contribution >= 4 is 31.9 Å². The highest BCUT2D eigenvalue weighted by Crippen LogP contribution is 2.37. The van der Waals surface area contributed by atoms with Gasteiger partial charge >= 0.3 is 0 Å². The standard InChI is InChI=1S/C14H10Br2F2/c1-8-6-13(18)10(7-12(8)17)14(16)9-4-2-3-5-11(9)15/h2-7,14H,1H3. The van der Waals surface area contributed by atoms with Crippen molar-refractivity contribution in [2.45, 2.75) is 11.8 Å². The van der Waals surface area contributed by atoms with Gasteiger partial charge in [0.15, 0.2) is 0 Å². The minimum absolute atomic E-state index is 0.296. The first-order valence-electron chi connectivity index (χ1n) is 5.34. The van der Waals surface area contributed by atoms with E-state index in [4.69, 9.17) is 0 Å². The smallest absolute Gasteiger partial charge is 0.128 e. The second kappa shape index (κ2) is 5.49. The zero-order chi connectivity index (χ0) is 13.3. The molecule has 0 amide bonds. The largest absolute Gasteiger partial charge is 0.207 e. The van der Waals surface area contributed by atoms with E-state index >= 15 is 0 Å². The molecule has 1 atom stereocenters. The Hall–Kier alpha value is -0.740. The maximum atomic E-state index is 13.9. The highest BCUT2D eigenvalue weighted by molar-refractivity contribution is 9.11. The summed E-state index contributed by atoms with van der Waals surface area (Å²) in [5.41, 5.74) is 1.47. The van der Waals surface area contributed by atoms with E-state index in [2.05, 4.69) is 31.9 Å². The van der Waals surface area contributed by atoms with Gasteiger partial charge in [0.2, 0.25) is 0 Å². The third-order valence-corrected chi connectivity index (χ3v) is 4.44. The number of aryl methyl sites for hydroxylation is 1. The van der Waals surface area contributed by atoms with Gasteiger partial charge in [-0.1, -0.05) is 50.1 Å². The van der Waals surface area contributed by atoms with E-state index in [1.54, 1.807) is 6.92 Å². The Bertz CT molecular complexity index is 582. The topological polar surface area (TPSA) is 0 Å². The molecule has 2 aromatic carbocycles. The van der Waals surface area contributed by atoms with Crippen molar-refractivity contribution in [2.75, 3.05) is 0 Å². The Kier molecular flexibility index (Phi) is 4.17. The van der Waals surface area contributed by atoms with Crippen LogP contribution in [0.4, 0.5) is 8.78 Å². The lowest BCUT2D eigenvalue weighted by atomic mass is 10.0. The van der Waals surface area contributed by atoms with E-state index in [0.29, 0.717) is 11.1 Å². The van der Waals surface area contributed by atoms with E-state index in [1.165, 1.54) is 12.1 Å². The lowest BCUT2D eigenvalue weighted by Crippen LogP contribution is -2.00. The number of hydrogen-bond donors (Lipinski definition) is 0. The Morgan fingerprint density at radius 3 is 2.33 bits per heavy atom. The summed E-state index contributed by atoms with van der Waals surface area (Å²) in [7, 11) is 0. The van der Waals surface area contributed by atoms with Crippen LogP contribution in [0, 0.1) is 18.6 Å². The zero-order valence-electron chi connectivity index (χ0n) is 9.55. The first kappa shape index (κ1) is 13.7. The quantitative estimate of drug-likeness (QED) is 0.606. The Balaban J connectivity index is 2.50. The van der Waals surface area contributed by atoms with Gasteiger partial charge in [0.05, 0.1) is 4.83 Å². The molecule has 0 aromatic heterocycles. The van der Waals surface area contributed by atoms with Gasteiger partial charge in [-0.25, -0.2) is 8.78 Å². The van der Waals surface area contributed by atoms with Crippen molar-refractivity contribution in [3.63, 3.8) is 0 Å². The van der Waals surface area contributed by atoms with Gasteiger partial charge in [-0.2, -0.15) is 0 Å². The van der Waals surface area contributed by atoms with E-state index in [9.17, 15) is 8.78 Å². The van der Waals surface area contributed by atoms with Crippen LogP contribution in [-0.4, -0.2) is 0 Å². The molecule has 0 bridgehead atoms. The van der Waals surface area contributed by atoms with Crippen LogP contribution in [0.15, 0.2) is 40.9 Å². The molecule has 2 rings (SSSR count). The average molecular weight is 376 g/mol. The van der Waals surface area contributed by atoms with Gasteiger partial charge in [0.1, 0.15) is 11.6 Å². The average Bonchev–Trinajstić information content (AvgIpc) is 2.33. The van der Waals surface area contributed by atoms with Crippen LogP contribution >= 0.6 is 31.9 Å². The fourth-order valence-corrected chi connectivity index (χ4v) is 3.28. The van der Waals surface area contributed by atoms with Crippen molar-refractivity contribution in [2.24, 2.45) is 0 Å². The molecule has 0 radical (unpaired) electrons. The molecule has 0 spiro atoms. The molecular weight excluding hydrogens is 366 g/mol. The Morgan fingerprint density at radius 1 is 1.00 bits per heavy atom. The predicted octanol–water partition coefficient (Wildman–Crippen LogP) is 5.52. The van der Waals surface area contributed by atoms with Gasteiger partial charge in [-0.3, -0.25) is 0 Å². The lowest BCUT2D eigenvalue weighted by molar-refractivity contribution is 0.581. The minimum atomic E-state index is -0.411. The van der Waals surface area contributed by atoms with Crippen LogP contribution in [0.5, 0.6) is 0 Å². The van der Waals surface area contributed by atoms with Gasteiger partial charge < -0.3 is 0 Å². The molecule has 4 heteroatoms. The van der Waals surface area contributed by atoms with E-state index in [-0.39, 0.29) is 4.83 Å². The Labute approximate surface area is 121 Å². The molecule has 0 nitrogen and oxygen atoms in total. The number of halogens is 4. The molecule has 0 saturated carbocycles. The van der Waals surface area contributed by atoms with E-state index in [0.717, 1.165) is 10.0 Å². The summed E-state index contributed by atoms with van der Waals surface area (Å²) >= 11 is 6.82. The summed E-state index contributed by atoms with van der Waals surface area (Å²) in [5.74, 6) is -0.811. The van der Waals surface area contributed by atoms with E-state index < -0.39 is 11.6 Å². The first-order chi connectivity index (χ1) is 8.50. The minimum Gasteiger partial charge on any atom is -0.207 e. The second-order valence-electron chi connectivity index (χ2n) is 4.01. The maximum Gasteiger partial charge on any atom is 0.128 e. The van der Waals surface area contributed by atoms with Crippen LogP contribution < -0.4 is 0 Å². The number of alkyl halides is 1. The third kappa shape index (κ3) is 2.64. The predicted molar refractivity (Wildman–Crippen MR) is 76.0 cm³/mol. The van der Waals surface area contributed by atoms with Crippen LogP contribution in [0.25, 0.3) is 0 Å². The van der Waals surface area contributed by atoms with Crippen LogP contribution in [0.2, 0.25) is 0 Å². The highest BCUT2D eigenvalue weighted by Gasteiger charge is 2.18. The SMILES string of the molecule is Cc1cc(F)c(C(Br)c2ccccc2Br)cc1F. The summed E-state index contributed by atoms with van der Waals surface area (Å²) in [6.07, 6.45) is 0. The van der Waals surface area contributed by atoms with Crippen LogP contribution in [0.1, 0.15) is 21.5 Å². The number of rotatable bonds is 2. The molecule has 2 aromatic rings. The monoisotopic (exact) mass is 374 g/mol. The second-order valence-corrected chi connectivity index (χ2v) is 5.78. The van der Waals surface area contributed by atoms with Crippen molar-refractivity contribution in [3.05, 3.63) is 69.2 Å². The number of benzene rings is 2. The van der Waals surface area contributed by atoms with Gasteiger partial charge in [-0.05, 0) is 36.2 Å². The summed E-state index contributed by atoms with van der Waals surface area (Å²) in [6, 6.07) is 9.92. The molecule has 18 heavy (non-hydrogen) atoms. The summed E-state index contributed by atoms with van der Waals surface area (Å²) < 4.78 is 28.3. The summed E-state index contributed by atoms with van der Waals surface area (Å²) in [4.78, 5) is -0.386. The van der Waals surface area contributed by atoms with Crippen LogP contribution in [0.3, 0.4) is 0 Å². The van der Waals surface area contributed by atoms with E-state index in [1.807, 2.05) is 24.3 Å². The fraction of sp³-hybridized carbons (Fsp3) is 0.143. The highest BCUT2D eigenvalue weighted by atomic mass is 79.9. The maximum absolute atomic E-state index is 13.9. The van der Waals surface area contributed by atoms with Crippen molar-refractivity contribution in [3.8, 4) is 0 Å². The van der Waals surface area contributed by atoms with Gasteiger partial charge in [0, 0.05) is 10.0 Å². The first-order valence-corrected chi connectivity index (χ1v) is 7.05. The number of hydrogen-bond acceptors (Lipinski definition) is 0. The molecular formula is C14H10Br2F2. The molecule has 0 fully saturated rings. The van der Waals surface area contributed by atoms with Crippen molar-refractivity contribution in [1.82, 2.24) is 0 Å². The molecule has 1 unspecified atom stereocenters. The summed E-state index contributed by atoms with van der Waals surface area (Å²) in [6.45, 7) is 1.55. The zero-order valence-corrected chi connectivity index (χ0v) is 12.7. The molecule has 94 valence electrons. The molecule has 0 aliphatic rings. The van der Waals surface area contributed by atoms with Crippen molar-refractivity contribution < 1.29 is 8.78 Å². The molecule has 0 N–H and O–H groups in total. The van der Waals surface area contributed by atoms with Gasteiger partial charge in [-0.15, -0.1) is 0 Å². The third-order valence-electron chi connectivity index (χ3n) is 2.73.